The summed E-state index contributed by atoms with van der Waals surface area (Å²) in [5.74, 6) is 1.85. The molecular formula is C25H32N2O3S2. The van der Waals surface area contributed by atoms with Crippen LogP contribution in [0.15, 0.2) is 21.6 Å². The second-order valence-electron chi connectivity index (χ2n) is 10.4. The van der Waals surface area contributed by atoms with Crippen LogP contribution in [0.4, 0.5) is 0 Å². The summed E-state index contributed by atoms with van der Waals surface area (Å²) in [7, 11) is 0. The first-order valence-corrected chi connectivity index (χ1v) is 13.2. The lowest BCUT2D eigenvalue weighted by Crippen LogP contribution is -2.44. The van der Waals surface area contributed by atoms with Gasteiger partial charge in [-0.3, -0.25) is 19.0 Å². The van der Waals surface area contributed by atoms with E-state index in [1.807, 2.05) is 43.7 Å². The summed E-state index contributed by atoms with van der Waals surface area (Å²) in [4.78, 5) is 38.7. The lowest BCUT2D eigenvalue weighted by molar-refractivity contribution is -0.123. The average molecular weight is 473 g/mol. The van der Waals surface area contributed by atoms with E-state index in [0.29, 0.717) is 15.1 Å². The zero-order chi connectivity index (χ0) is 23.0. The first kappa shape index (κ1) is 23.2. The largest absolute Gasteiger partial charge is 0.352 e. The molecule has 2 bridgehead atoms. The standard InChI is InChI=1S/C25H32N2O3S2/c1-15(19-10-16-5-6-18(19)9-16)26-22(29)13-27-23(12-21(28)25(2,3)4)32-20(24(27)30)11-17-7-8-31-14-17/h7-8,11-12,14-16,18-19H,5-6,9-10,13H2,1-4H3,(H,26,29)/b20-11-,23-12-. The van der Waals surface area contributed by atoms with E-state index < -0.39 is 5.41 Å². The molecule has 2 fully saturated rings. The first-order valence-electron chi connectivity index (χ1n) is 11.4. The molecule has 1 N–H and O–H groups in total. The topological polar surface area (TPSA) is 68.2 Å². The molecular weight excluding hydrogens is 440 g/mol. The number of nitrogens with zero attached hydrogens (tertiary/aromatic N) is 1. The second kappa shape index (κ2) is 9.10. The SMILES string of the molecule is CC(NC(=O)Cn1c(=O)/c(=C/c2ccsc2)s/c1=C\C(=O)C(C)(C)C)C1CC2CCC1C2. The maximum Gasteiger partial charge on any atom is 0.269 e. The van der Waals surface area contributed by atoms with Gasteiger partial charge in [-0.1, -0.05) is 27.2 Å². The number of nitrogens with one attached hydrogen (secondary N) is 1. The van der Waals surface area contributed by atoms with Crippen LogP contribution >= 0.6 is 22.7 Å². The number of amides is 1. The van der Waals surface area contributed by atoms with E-state index in [0.717, 1.165) is 17.4 Å². The van der Waals surface area contributed by atoms with Crippen LogP contribution in [0.3, 0.4) is 0 Å². The smallest absolute Gasteiger partial charge is 0.269 e. The van der Waals surface area contributed by atoms with Gasteiger partial charge >= 0.3 is 0 Å². The van der Waals surface area contributed by atoms with E-state index in [9.17, 15) is 14.4 Å². The Bertz CT molecular complexity index is 1170. The molecule has 2 aliphatic rings. The molecule has 2 saturated carbocycles. The van der Waals surface area contributed by atoms with Crippen LogP contribution in [0.25, 0.3) is 12.2 Å². The van der Waals surface area contributed by atoms with Crippen LogP contribution in [-0.4, -0.2) is 22.3 Å². The third-order valence-corrected chi connectivity index (χ3v) is 8.66. The number of carbonyl (C=O) groups is 2. The molecule has 0 aliphatic heterocycles. The van der Waals surface area contributed by atoms with E-state index in [4.69, 9.17) is 0 Å². The Hall–Kier alpha value is -1.99. The van der Waals surface area contributed by atoms with E-state index in [1.165, 1.54) is 47.7 Å². The van der Waals surface area contributed by atoms with E-state index in [2.05, 4.69) is 12.2 Å². The number of thiophene rings is 1. The van der Waals surface area contributed by atoms with Crippen molar-refractivity contribution >= 4 is 46.5 Å². The minimum absolute atomic E-state index is 0.0645. The highest BCUT2D eigenvalue weighted by Gasteiger charge is 2.42. The minimum atomic E-state index is -0.555. The summed E-state index contributed by atoms with van der Waals surface area (Å²) >= 11 is 2.83. The molecule has 2 heterocycles. The summed E-state index contributed by atoms with van der Waals surface area (Å²) < 4.78 is 2.51. The summed E-state index contributed by atoms with van der Waals surface area (Å²) in [6.07, 6.45) is 8.44. The van der Waals surface area contributed by atoms with Crippen molar-refractivity contribution in [3.63, 3.8) is 0 Å². The van der Waals surface area contributed by atoms with Gasteiger partial charge in [0.2, 0.25) is 5.91 Å². The van der Waals surface area contributed by atoms with Crippen LogP contribution in [-0.2, 0) is 16.1 Å². The number of hydrogen-bond acceptors (Lipinski definition) is 5. The fourth-order valence-electron chi connectivity index (χ4n) is 5.09. The molecule has 5 nitrogen and oxygen atoms in total. The number of thiazole rings is 1. The molecule has 1 amide bonds. The van der Waals surface area contributed by atoms with Crippen molar-refractivity contribution < 1.29 is 9.59 Å². The molecule has 0 aromatic carbocycles. The fraction of sp³-hybridized carbons (Fsp3) is 0.560. The van der Waals surface area contributed by atoms with Crippen LogP contribution in [0.2, 0.25) is 0 Å². The van der Waals surface area contributed by atoms with Gasteiger partial charge in [-0.25, -0.2) is 0 Å². The molecule has 0 spiro atoms. The maximum absolute atomic E-state index is 13.2. The molecule has 0 saturated heterocycles. The van der Waals surface area contributed by atoms with Crippen molar-refractivity contribution in [3.8, 4) is 0 Å². The van der Waals surface area contributed by atoms with Gasteiger partial charge in [0.25, 0.3) is 5.56 Å². The Morgan fingerprint density at radius 2 is 2.06 bits per heavy atom. The Balaban J connectivity index is 1.60. The number of Topliss-reactive ketones (excluding diaryl/α,β-unsaturated/α-hetero) is 1. The first-order chi connectivity index (χ1) is 15.1. The number of fused-ring (bicyclic) bond motifs is 2. The van der Waals surface area contributed by atoms with Gasteiger partial charge in [-0.05, 0) is 72.4 Å². The van der Waals surface area contributed by atoms with E-state index in [-0.39, 0.29) is 29.8 Å². The van der Waals surface area contributed by atoms with Gasteiger partial charge in [-0.15, -0.1) is 11.3 Å². The van der Waals surface area contributed by atoms with Crippen LogP contribution in [0.1, 0.15) is 58.9 Å². The molecule has 7 heteroatoms. The molecule has 0 radical (unpaired) electrons. The lowest BCUT2D eigenvalue weighted by atomic mass is 9.84. The van der Waals surface area contributed by atoms with Crippen LogP contribution in [0, 0.1) is 23.2 Å². The average Bonchev–Trinajstić information content (AvgIpc) is 3.50. The molecule has 172 valence electrons. The number of carbonyl (C=O) groups excluding carboxylic acids is 2. The zero-order valence-corrected chi connectivity index (χ0v) is 20.9. The van der Waals surface area contributed by atoms with Gasteiger partial charge < -0.3 is 5.32 Å². The van der Waals surface area contributed by atoms with Crippen molar-refractivity contribution in [1.82, 2.24) is 9.88 Å². The van der Waals surface area contributed by atoms with Gasteiger partial charge in [0.05, 0.1) is 4.53 Å². The van der Waals surface area contributed by atoms with Crippen molar-refractivity contribution in [2.24, 2.45) is 23.2 Å². The van der Waals surface area contributed by atoms with Gasteiger partial charge in [0.1, 0.15) is 11.2 Å². The van der Waals surface area contributed by atoms with Crippen LogP contribution < -0.4 is 20.1 Å². The van der Waals surface area contributed by atoms with Crippen molar-refractivity contribution in [1.29, 1.82) is 0 Å². The molecule has 2 aromatic heterocycles. The molecule has 2 aliphatic carbocycles. The summed E-state index contributed by atoms with van der Waals surface area (Å²) in [5.41, 5.74) is 0.168. The molecule has 4 atom stereocenters. The quantitative estimate of drug-likeness (QED) is 0.702. The molecule has 32 heavy (non-hydrogen) atoms. The van der Waals surface area contributed by atoms with E-state index >= 15 is 0 Å². The Labute approximate surface area is 196 Å². The molecule has 4 rings (SSSR count). The third kappa shape index (κ3) is 4.99. The van der Waals surface area contributed by atoms with Crippen LogP contribution in [0.5, 0.6) is 0 Å². The highest BCUT2D eigenvalue weighted by Crippen LogP contribution is 2.49. The number of hydrogen-bond donors (Lipinski definition) is 1. The lowest BCUT2D eigenvalue weighted by Gasteiger charge is -2.28. The predicted molar refractivity (Wildman–Crippen MR) is 131 cm³/mol. The monoisotopic (exact) mass is 472 g/mol. The van der Waals surface area contributed by atoms with E-state index in [1.54, 1.807) is 11.3 Å². The zero-order valence-electron chi connectivity index (χ0n) is 19.2. The number of aromatic nitrogens is 1. The summed E-state index contributed by atoms with van der Waals surface area (Å²) in [6, 6.07) is 2.05. The summed E-state index contributed by atoms with van der Waals surface area (Å²) in [5, 5.41) is 7.07. The Morgan fingerprint density at radius 1 is 1.28 bits per heavy atom. The Kier molecular flexibility index (Phi) is 6.59. The van der Waals surface area contributed by atoms with Crippen molar-refractivity contribution in [3.05, 3.63) is 41.9 Å². The molecule has 2 aromatic rings. The van der Waals surface area contributed by atoms with Crippen molar-refractivity contribution in [2.45, 2.75) is 66.0 Å². The maximum atomic E-state index is 13.2. The minimum Gasteiger partial charge on any atom is -0.352 e. The number of rotatable bonds is 6. The Morgan fingerprint density at radius 3 is 2.66 bits per heavy atom. The van der Waals surface area contributed by atoms with Crippen molar-refractivity contribution in [2.75, 3.05) is 0 Å². The normalized spacial score (nSPS) is 24.8. The predicted octanol–water partition coefficient (Wildman–Crippen LogP) is 3.14. The van der Waals surface area contributed by atoms with Gasteiger partial charge in [0.15, 0.2) is 5.78 Å². The highest BCUT2D eigenvalue weighted by molar-refractivity contribution is 7.08. The molecule has 4 unspecified atom stereocenters. The summed E-state index contributed by atoms with van der Waals surface area (Å²) in [6.45, 7) is 7.57. The fourth-order valence-corrected chi connectivity index (χ4v) is 6.75. The van der Waals surface area contributed by atoms with Gasteiger partial charge in [-0.2, -0.15) is 11.3 Å². The highest BCUT2D eigenvalue weighted by atomic mass is 32.1. The second-order valence-corrected chi connectivity index (χ2v) is 12.2. The van der Waals surface area contributed by atoms with Gasteiger partial charge in [0, 0.05) is 17.5 Å². The third-order valence-electron chi connectivity index (χ3n) is 6.90. The number of ketones is 1.